The molecular weight excluding hydrogens is 272 g/mol. The fourth-order valence-electron chi connectivity index (χ4n) is 2.11. The summed E-state index contributed by atoms with van der Waals surface area (Å²) in [7, 11) is 0. The highest BCUT2D eigenvalue weighted by Crippen LogP contribution is 2.12. The van der Waals surface area contributed by atoms with Crippen molar-refractivity contribution in [2.75, 3.05) is 19.7 Å². The third-order valence-corrected chi connectivity index (χ3v) is 3.60. The van der Waals surface area contributed by atoms with Crippen molar-refractivity contribution in [2.24, 2.45) is 5.18 Å². The summed E-state index contributed by atoms with van der Waals surface area (Å²) in [5.74, 6) is 0. The molecule has 21 heavy (non-hydrogen) atoms. The Hall–Kier alpha value is -0.820. The summed E-state index contributed by atoms with van der Waals surface area (Å²) < 4.78 is 0. The number of nitrogens with one attached hydrogen (secondary N) is 1. The van der Waals surface area contributed by atoms with E-state index >= 15 is 0 Å². The summed E-state index contributed by atoms with van der Waals surface area (Å²) in [5, 5.41) is 34.8. The van der Waals surface area contributed by atoms with Gasteiger partial charge in [-0.2, -0.15) is 4.91 Å². The van der Waals surface area contributed by atoms with Gasteiger partial charge in [0.25, 0.3) is 0 Å². The number of hydrogen-bond acceptors (Lipinski definition) is 6. The van der Waals surface area contributed by atoms with Crippen molar-refractivity contribution in [2.45, 2.75) is 64.2 Å². The third kappa shape index (κ3) is 8.26. The molecule has 3 atom stereocenters. The summed E-state index contributed by atoms with van der Waals surface area (Å²) >= 11 is 0. The van der Waals surface area contributed by atoms with Crippen LogP contribution in [-0.2, 0) is 0 Å². The largest absolute Gasteiger partial charge is 0.392 e. The molecule has 124 valence electrons. The molecule has 0 aliphatic carbocycles. The van der Waals surface area contributed by atoms with E-state index in [1.807, 2.05) is 0 Å². The van der Waals surface area contributed by atoms with Crippen molar-refractivity contribution in [1.29, 1.82) is 0 Å². The molecule has 0 radical (unpaired) electrons. The van der Waals surface area contributed by atoms with Gasteiger partial charge in [-0.25, -0.2) is 0 Å². The summed E-state index contributed by atoms with van der Waals surface area (Å²) in [6, 6.07) is -0.933. The number of unbranched alkanes of at least 4 members (excludes halogenated alkanes) is 4. The van der Waals surface area contributed by atoms with Crippen molar-refractivity contribution in [3.05, 3.63) is 16.6 Å². The Morgan fingerprint density at radius 2 is 1.90 bits per heavy atom. The van der Waals surface area contributed by atoms with Gasteiger partial charge in [-0.15, -0.1) is 0 Å². The van der Waals surface area contributed by atoms with Gasteiger partial charge in [-0.1, -0.05) is 43.9 Å². The molecule has 0 fully saturated rings. The van der Waals surface area contributed by atoms with Gasteiger partial charge in [0, 0.05) is 6.54 Å². The Morgan fingerprint density at radius 3 is 2.43 bits per heavy atom. The molecule has 0 rings (SSSR count). The standard InChI is InChI=1S/C15H30N2O4/c1-3-5-6-7-8-9-16-10-13(17-21)15(20)14(19)12(4-2)11-18/h4,13-16,18-20H,3,5-11H2,1-2H3/b12-4-/t13?,14-,15?/m0/s1. The summed E-state index contributed by atoms with van der Waals surface area (Å²) in [6.45, 7) is 4.44. The van der Waals surface area contributed by atoms with Crippen LogP contribution in [0.2, 0.25) is 0 Å². The Balaban J connectivity index is 4.06. The Labute approximate surface area is 127 Å². The Morgan fingerprint density at radius 1 is 1.24 bits per heavy atom. The Bertz CT molecular complexity index is 297. The highest BCUT2D eigenvalue weighted by Gasteiger charge is 2.29. The molecule has 0 amide bonds. The van der Waals surface area contributed by atoms with Crippen LogP contribution in [0.25, 0.3) is 0 Å². The molecule has 0 aliphatic heterocycles. The van der Waals surface area contributed by atoms with E-state index in [1.54, 1.807) is 6.92 Å². The van der Waals surface area contributed by atoms with Crippen molar-refractivity contribution in [3.8, 4) is 0 Å². The van der Waals surface area contributed by atoms with Crippen molar-refractivity contribution < 1.29 is 15.3 Å². The molecule has 0 aliphatic rings. The lowest BCUT2D eigenvalue weighted by Crippen LogP contribution is -2.43. The summed E-state index contributed by atoms with van der Waals surface area (Å²) in [5.41, 5.74) is 0.288. The molecule has 0 saturated heterocycles. The van der Waals surface area contributed by atoms with Crippen LogP contribution in [0, 0.1) is 4.91 Å². The molecule has 0 spiro atoms. The van der Waals surface area contributed by atoms with E-state index in [4.69, 9.17) is 5.11 Å². The van der Waals surface area contributed by atoms with Crippen LogP contribution in [0.15, 0.2) is 16.8 Å². The second-order valence-electron chi connectivity index (χ2n) is 5.25. The van der Waals surface area contributed by atoms with Crippen LogP contribution in [-0.4, -0.2) is 53.3 Å². The van der Waals surface area contributed by atoms with Crippen molar-refractivity contribution >= 4 is 0 Å². The average Bonchev–Trinajstić information content (AvgIpc) is 2.50. The Kier molecular flexibility index (Phi) is 12.4. The monoisotopic (exact) mass is 302 g/mol. The first-order chi connectivity index (χ1) is 10.1. The van der Waals surface area contributed by atoms with E-state index in [9.17, 15) is 15.1 Å². The first-order valence-corrected chi connectivity index (χ1v) is 7.77. The highest BCUT2D eigenvalue weighted by atomic mass is 16.3. The molecular formula is C15H30N2O4. The molecule has 0 bridgehead atoms. The van der Waals surface area contributed by atoms with E-state index < -0.39 is 18.2 Å². The summed E-state index contributed by atoms with van der Waals surface area (Å²) in [4.78, 5) is 10.8. The van der Waals surface area contributed by atoms with Gasteiger partial charge >= 0.3 is 0 Å². The zero-order valence-electron chi connectivity index (χ0n) is 13.2. The lowest BCUT2D eigenvalue weighted by Gasteiger charge is -2.23. The van der Waals surface area contributed by atoms with Gasteiger partial charge in [-0.3, -0.25) is 0 Å². The first kappa shape index (κ1) is 20.2. The molecule has 0 aromatic rings. The SMILES string of the molecule is C/C=C(/CO)[C@H](O)C(O)C(CNCCCCCCC)N=O. The van der Waals surface area contributed by atoms with Gasteiger partial charge in [0.15, 0.2) is 0 Å². The lowest BCUT2D eigenvalue weighted by atomic mass is 9.99. The molecule has 6 nitrogen and oxygen atoms in total. The number of hydrogen-bond donors (Lipinski definition) is 4. The number of nitrogens with zero attached hydrogens (tertiary/aromatic N) is 1. The predicted octanol–water partition coefficient (Wildman–Crippen LogP) is 1.34. The maximum atomic E-state index is 10.8. The van der Waals surface area contributed by atoms with Gasteiger partial charge in [0.2, 0.25) is 0 Å². The molecule has 4 N–H and O–H groups in total. The van der Waals surface area contributed by atoms with Crippen LogP contribution in [0.3, 0.4) is 0 Å². The van der Waals surface area contributed by atoms with Crippen molar-refractivity contribution in [1.82, 2.24) is 5.32 Å². The zero-order valence-corrected chi connectivity index (χ0v) is 13.2. The third-order valence-electron chi connectivity index (χ3n) is 3.60. The number of aliphatic hydroxyl groups is 3. The zero-order chi connectivity index (χ0) is 16.1. The fraction of sp³-hybridized carbons (Fsp3) is 0.867. The average molecular weight is 302 g/mol. The van der Waals surface area contributed by atoms with Crippen molar-refractivity contribution in [3.63, 3.8) is 0 Å². The van der Waals surface area contributed by atoms with E-state index in [2.05, 4.69) is 17.4 Å². The predicted molar refractivity (Wildman–Crippen MR) is 84.1 cm³/mol. The fourth-order valence-corrected chi connectivity index (χ4v) is 2.11. The number of allylic oxidation sites excluding steroid dienone is 1. The minimum absolute atomic E-state index is 0.220. The molecule has 0 aromatic carbocycles. The lowest BCUT2D eigenvalue weighted by molar-refractivity contribution is 0.0198. The molecule has 6 heteroatoms. The minimum atomic E-state index is -1.31. The molecule has 2 unspecified atom stereocenters. The summed E-state index contributed by atoms with van der Waals surface area (Å²) in [6.07, 6.45) is 4.73. The normalized spacial score (nSPS) is 16.5. The number of aliphatic hydroxyl groups excluding tert-OH is 3. The van der Waals surface area contributed by atoms with Crippen LogP contribution in [0.1, 0.15) is 46.0 Å². The van der Waals surface area contributed by atoms with E-state index in [1.165, 1.54) is 25.3 Å². The second-order valence-corrected chi connectivity index (χ2v) is 5.25. The van der Waals surface area contributed by atoms with Gasteiger partial charge in [0.1, 0.15) is 18.2 Å². The van der Waals surface area contributed by atoms with Crippen LogP contribution < -0.4 is 5.32 Å². The maximum Gasteiger partial charge on any atom is 0.133 e. The minimum Gasteiger partial charge on any atom is -0.392 e. The van der Waals surface area contributed by atoms with Crippen LogP contribution in [0.4, 0.5) is 0 Å². The van der Waals surface area contributed by atoms with Crippen LogP contribution >= 0.6 is 0 Å². The molecule has 0 saturated carbocycles. The molecule has 0 aromatic heterocycles. The van der Waals surface area contributed by atoms with Gasteiger partial charge < -0.3 is 20.6 Å². The number of nitroso groups, excluding NO2 is 1. The van der Waals surface area contributed by atoms with Gasteiger partial charge in [-0.05, 0) is 25.5 Å². The second kappa shape index (κ2) is 12.9. The van der Waals surface area contributed by atoms with E-state index in [0.717, 1.165) is 19.4 Å². The quantitative estimate of drug-likeness (QED) is 0.234. The first-order valence-electron chi connectivity index (χ1n) is 7.77. The van der Waals surface area contributed by atoms with E-state index in [-0.39, 0.29) is 18.7 Å². The smallest absolute Gasteiger partial charge is 0.133 e. The maximum absolute atomic E-state index is 10.8. The highest BCUT2D eigenvalue weighted by molar-refractivity contribution is 5.10. The van der Waals surface area contributed by atoms with Crippen LogP contribution in [0.5, 0.6) is 0 Å². The van der Waals surface area contributed by atoms with E-state index in [0.29, 0.717) is 0 Å². The van der Waals surface area contributed by atoms with Gasteiger partial charge in [0.05, 0.1) is 6.61 Å². The molecule has 0 heterocycles. The topological polar surface area (TPSA) is 102 Å². The number of rotatable bonds is 13.